The van der Waals surface area contributed by atoms with Crippen molar-refractivity contribution in [1.29, 1.82) is 0 Å². The summed E-state index contributed by atoms with van der Waals surface area (Å²) < 4.78 is 1.72. The second kappa shape index (κ2) is 10.1. The van der Waals surface area contributed by atoms with Gasteiger partial charge < -0.3 is 15.1 Å². The van der Waals surface area contributed by atoms with Gasteiger partial charge in [-0.05, 0) is 81.3 Å². The van der Waals surface area contributed by atoms with Gasteiger partial charge in [0, 0.05) is 38.9 Å². The van der Waals surface area contributed by atoms with Gasteiger partial charge in [0.05, 0.1) is 5.92 Å². The Balaban J connectivity index is 1.27. The van der Waals surface area contributed by atoms with Gasteiger partial charge in [0.15, 0.2) is 0 Å². The molecule has 0 spiro atoms. The van der Waals surface area contributed by atoms with E-state index in [-0.39, 0.29) is 23.6 Å². The maximum absolute atomic E-state index is 13.4. The minimum Gasteiger partial charge on any atom is -0.350 e. The molecule has 0 radical (unpaired) electrons. The molecule has 4 fully saturated rings. The van der Waals surface area contributed by atoms with Crippen LogP contribution >= 0.6 is 0 Å². The third-order valence-electron chi connectivity index (χ3n) is 9.60. The van der Waals surface area contributed by atoms with Gasteiger partial charge in [-0.25, -0.2) is 4.98 Å². The number of hydrogen-bond acceptors (Lipinski definition) is 4. The van der Waals surface area contributed by atoms with E-state index in [0.717, 1.165) is 18.8 Å². The van der Waals surface area contributed by atoms with Crippen LogP contribution in [0.4, 0.5) is 0 Å². The number of piperidine rings is 1. The van der Waals surface area contributed by atoms with Gasteiger partial charge in [0.25, 0.3) is 11.8 Å². The first kappa shape index (κ1) is 25.7. The van der Waals surface area contributed by atoms with E-state index in [1.165, 1.54) is 19.3 Å². The molecule has 3 aliphatic carbocycles. The number of hydrogen-bond donors (Lipinski definition) is 1. The first-order chi connectivity index (χ1) is 17.7. The van der Waals surface area contributed by atoms with Crippen LogP contribution in [0.2, 0.25) is 0 Å². The quantitative estimate of drug-likeness (QED) is 0.617. The molecule has 4 aliphatic rings. The number of carbonyl (C=O) groups excluding carboxylic acids is 3. The lowest BCUT2D eigenvalue weighted by Gasteiger charge is -2.60. The van der Waals surface area contributed by atoms with Gasteiger partial charge in [-0.2, -0.15) is 0 Å². The average molecular weight is 508 g/mol. The lowest BCUT2D eigenvalue weighted by atomic mass is 9.45. The van der Waals surface area contributed by atoms with E-state index in [0.29, 0.717) is 67.0 Å². The van der Waals surface area contributed by atoms with Crippen LogP contribution in [0.5, 0.6) is 0 Å². The molecule has 200 valence electrons. The predicted molar refractivity (Wildman–Crippen MR) is 142 cm³/mol. The Bertz CT molecular complexity index is 1180. The Morgan fingerprint density at radius 3 is 2.62 bits per heavy atom. The largest absolute Gasteiger partial charge is 0.350 e. The fourth-order valence-electron chi connectivity index (χ4n) is 7.14. The third kappa shape index (κ3) is 4.64. The minimum absolute atomic E-state index is 0.121. The van der Waals surface area contributed by atoms with Crippen molar-refractivity contribution in [2.75, 3.05) is 32.7 Å². The van der Waals surface area contributed by atoms with Crippen LogP contribution in [-0.4, -0.2) is 69.6 Å². The summed E-state index contributed by atoms with van der Waals surface area (Å²) in [6.07, 6.45) is 6.99. The standard InChI is InChI=1S/C29H41N5O3/c1-5-32(6-2)27(36)20-9-8-14-33(17-20)28(37)23-18-34-24(10-7-11-25(34)31-23)26(35)30-16-19-12-13-21-15-22(19)29(21,3)4/h7,10-11,18-22H,5-6,8-9,12-17H2,1-4H3,(H,30,35)/t19-,20?,21-,22+/m0/s1. The van der Waals surface area contributed by atoms with E-state index >= 15 is 0 Å². The van der Waals surface area contributed by atoms with E-state index < -0.39 is 0 Å². The SMILES string of the molecule is CCN(CC)C(=O)C1CCCN(C(=O)c2cn3c(C(=O)NC[C@@H]4CC[C@H]5C[C@H]4C5(C)C)cccc3n2)C1. The predicted octanol–water partition coefficient (Wildman–Crippen LogP) is 3.86. The number of fused-ring (bicyclic) bond motifs is 3. The molecular formula is C29H41N5O3. The zero-order valence-corrected chi connectivity index (χ0v) is 22.7. The van der Waals surface area contributed by atoms with Crippen molar-refractivity contribution < 1.29 is 14.4 Å². The Morgan fingerprint density at radius 2 is 1.92 bits per heavy atom. The van der Waals surface area contributed by atoms with E-state index in [1.807, 2.05) is 30.9 Å². The second-order valence-corrected chi connectivity index (χ2v) is 11.8. The van der Waals surface area contributed by atoms with Gasteiger partial charge in [0.2, 0.25) is 5.91 Å². The molecule has 3 heterocycles. The second-order valence-electron chi connectivity index (χ2n) is 11.8. The normalized spacial score (nSPS) is 26.4. The Hall–Kier alpha value is -2.90. The van der Waals surface area contributed by atoms with Crippen molar-refractivity contribution >= 4 is 23.4 Å². The van der Waals surface area contributed by atoms with E-state index in [1.54, 1.807) is 21.6 Å². The summed E-state index contributed by atoms with van der Waals surface area (Å²) in [5.74, 6) is 1.67. The summed E-state index contributed by atoms with van der Waals surface area (Å²) in [6, 6.07) is 5.40. The number of nitrogens with one attached hydrogen (secondary N) is 1. The summed E-state index contributed by atoms with van der Waals surface area (Å²) in [5, 5.41) is 3.17. The monoisotopic (exact) mass is 507 g/mol. The van der Waals surface area contributed by atoms with Gasteiger partial charge in [-0.15, -0.1) is 0 Å². The van der Waals surface area contributed by atoms with Gasteiger partial charge in [-0.3, -0.25) is 18.8 Å². The van der Waals surface area contributed by atoms with E-state index in [2.05, 4.69) is 24.1 Å². The van der Waals surface area contributed by atoms with Crippen molar-refractivity contribution in [2.24, 2.45) is 29.1 Å². The lowest BCUT2D eigenvalue weighted by molar-refractivity contribution is -0.136. The van der Waals surface area contributed by atoms with Crippen LogP contribution in [0.25, 0.3) is 5.65 Å². The molecule has 2 aromatic heterocycles. The highest BCUT2D eigenvalue weighted by atomic mass is 16.2. The molecule has 2 aromatic rings. The molecule has 3 amide bonds. The topological polar surface area (TPSA) is 87.0 Å². The number of amides is 3. The highest BCUT2D eigenvalue weighted by Crippen LogP contribution is 2.61. The number of rotatable bonds is 7. The van der Waals surface area contributed by atoms with Gasteiger partial charge >= 0.3 is 0 Å². The van der Waals surface area contributed by atoms with Crippen molar-refractivity contribution in [2.45, 2.75) is 59.8 Å². The number of imidazole rings is 1. The Kier molecular flexibility index (Phi) is 7.03. The number of pyridine rings is 1. The molecule has 8 nitrogen and oxygen atoms in total. The molecule has 3 saturated carbocycles. The van der Waals surface area contributed by atoms with Gasteiger partial charge in [-0.1, -0.05) is 19.9 Å². The highest BCUT2D eigenvalue weighted by Gasteiger charge is 2.53. The molecule has 2 bridgehead atoms. The smallest absolute Gasteiger partial charge is 0.274 e. The molecule has 6 rings (SSSR count). The van der Waals surface area contributed by atoms with Crippen LogP contribution in [-0.2, 0) is 4.79 Å². The fourth-order valence-corrected chi connectivity index (χ4v) is 7.14. The number of carbonyl (C=O) groups is 3. The molecule has 0 aromatic carbocycles. The lowest BCUT2D eigenvalue weighted by Crippen LogP contribution is -2.54. The Morgan fingerprint density at radius 1 is 1.14 bits per heavy atom. The van der Waals surface area contributed by atoms with Gasteiger partial charge in [0.1, 0.15) is 17.0 Å². The van der Waals surface area contributed by atoms with Crippen LogP contribution < -0.4 is 5.32 Å². The molecule has 4 atom stereocenters. The summed E-state index contributed by atoms with van der Waals surface area (Å²) >= 11 is 0. The maximum atomic E-state index is 13.4. The first-order valence-corrected chi connectivity index (χ1v) is 14.1. The fraction of sp³-hybridized carbons (Fsp3) is 0.655. The van der Waals surface area contributed by atoms with Crippen LogP contribution in [0, 0.1) is 29.1 Å². The zero-order chi connectivity index (χ0) is 26.3. The first-order valence-electron chi connectivity index (χ1n) is 14.1. The van der Waals surface area contributed by atoms with E-state index in [4.69, 9.17) is 0 Å². The van der Waals surface area contributed by atoms with Crippen LogP contribution in [0.3, 0.4) is 0 Å². The molecule has 37 heavy (non-hydrogen) atoms. The van der Waals surface area contributed by atoms with Crippen molar-refractivity contribution in [3.8, 4) is 0 Å². The van der Waals surface area contributed by atoms with Crippen molar-refractivity contribution in [1.82, 2.24) is 24.5 Å². The average Bonchev–Trinajstić information content (AvgIpc) is 3.36. The molecular weight excluding hydrogens is 466 g/mol. The number of nitrogens with zero attached hydrogens (tertiary/aromatic N) is 4. The molecule has 1 aliphatic heterocycles. The third-order valence-corrected chi connectivity index (χ3v) is 9.60. The highest BCUT2D eigenvalue weighted by molar-refractivity contribution is 5.96. The molecule has 1 N–H and O–H groups in total. The molecule has 1 unspecified atom stereocenters. The Labute approximate surface area is 219 Å². The van der Waals surface area contributed by atoms with E-state index in [9.17, 15) is 14.4 Å². The van der Waals surface area contributed by atoms with Crippen LogP contribution in [0.1, 0.15) is 80.8 Å². The van der Waals surface area contributed by atoms with Crippen molar-refractivity contribution in [3.63, 3.8) is 0 Å². The molecule has 8 heteroatoms. The van der Waals surface area contributed by atoms with Crippen LogP contribution in [0.15, 0.2) is 24.4 Å². The van der Waals surface area contributed by atoms with Crippen molar-refractivity contribution in [3.05, 3.63) is 35.8 Å². The summed E-state index contributed by atoms with van der Waals surface area (Å²) in [4.78, 5) is 47.6. The minimum atomic E-state index is -0.184. The summed E-state index contributed by atoms with van der Waals surface area (Å²) in [7, 11) is 0. The number of likely N-dealkylation sites (tertiary alicyclic amines) is 1. The zero-order valence-electron chi connectivity index (χ0n) is 22.7. The summed E-state index contributed by atoms with van der Waals surface area (Å²) in [6.45, 7) is 11.8. The number of aromatic nitrogens is 2. The molecule has 1 saturated heterocycles. The summed E-state index contributed by atoms with van der Waals surface area (Å²) in [5.41, 5.74) is 1.76. The maximum Gasteiger partial charge on any atom is 0.274 e.